The van der Waals surface area contributed by atoms with Crippen LogP contribution in [-0.2, 0) is 0 Å². The van der Waals surface area contributed by atoms with E-state index in [0.717, 1.165) is 24.5 Å². The molecule has 0 unspecified atom stereocenters. The number of nitrogens with one attached hydrogen (secondary N) is 1. The van der Waals surface area contributed by atoms with Gasteiger partial charge in [0.2, 0.25) is 0 Å². The maximum Gasteiger partial charge on any atom is 0.129 e. The minimum absolute atomic E-state index is 0.0947. The normalized spacial score (nSPS) is 10.7. The Kier molecular flexibility index (Phi) is 5.62. The minimum atomic E-state index is 0.0947. The van der Waals surface area contributed by atoms with Crippen LogP contribution in [0.3, 0.4) is 0 Å². The topological polar surface area (TPSA) is 66.0 Å². The summed E-state index contributed by atoms with van der Waals surface area (Å²) in [4.78, 5) is 6.64. The number of nitrogens with zero attached hydrogens (tertiary/aromatic N) is 2. The number of amidine groups is 1. The van der Waals surface area contributed by atoms with Crippen LogP contribution in [0.1, 0.15) is 39.2 Å². The van der Waals surface area contributed by atoms with Crippen LogP contribution in [0.5, 0.6) is 0 Å². The lowest BCUT2D eigenvalue weighted by atomic mass is 10.0. The Morgan fingerprint density at radius 3 is 2.56 bits per heavy atom. The fourth-order valence-electron chi connectivity index (χ4n) is 2.00. The molecule has 0 aliphatic carbocycles. The predicted octanol–water partition coefficient (Wildman–Crippen LogP) is 2.63. The van der Waals surface area contributed by atoms with Gasteiger partial charge < -0.3 is 10.6 Å². The van der Waals surface area contributed by atoms with Crippen molar-refractivity contribution in [1.82, 2.24) is 4.98 Å². The number of anilines is 1. The van der Waals surface area contributed by atoms with Crippen molar-refractivity contribution in [3.63, 3.8) is 0 Å². The largest absolute Gasteiger partial charge is 0.384 e. The molecule has 0 aromatic carbocycles. The van der Waals surface area contributed by atoms with Gasteiger partial charge in [0.25, 0.3) is 0 Å². The Morgan fingerprint density at radius 1 is 1.39 bits per heavy atom. The van der Waals surface area contributed by atoms with Crippen LogP contribution < -0.4 is 10.6 Å². The van der Waals surface area contributed by atoms with Crippen molar-refractivity contribution in [2.45, 2.75) is 33.6 Å². The first kappa shape index (κ1) is 14.5. The molecule has 1 rings (SSSR count). The SMILES string of the molecule is CCC(CC)CN(CC)c1cc(C(=N)N)ccn1. The first-order valence-corrected chi connectivity index (χ1v) is 6.67. The van der Waals surface area contributed by atoms with E-state index >= 15 is 0 Å². The molecule has 0 atom stereocenters. The second-order valence-electron chi connectivity index (χ2n) is 4.54. The smallest absolute Gasteiger partial charge is 0.129 e. The van der Waals surface area contributed by atoms with Gasteiger partial charge in [-0.3, -0.25) is 5.41 Å². The van der Waals surface area contributed by atoms with Crippen molar-refractivity contribution < 1.29 is 0 Å². The minimum Gasteiger partial charge on any atom is -0.384 e. The number of nitrogens with two attached hydrogens (primary N) is 1. The van der Waals surface area contributed by atoms with Crippen LogP contribution in [0.2, 0.25) is 0 Å². The van der Waals surface area contributed by atoms with Gasteiger partial charge in [-0.25, -0.2) is 4.98 Å². The van der Waals surface area contributed by atoms with E-state index in [1.165, 1.54) is 12.8 Å². The fourth-order valence-corrected chi connectivity index (χ4v) is 2.00. The third-order valence-electron chi connectivity index (χ3n) is 3.40. The molecule has 0 aliphatic rings. The van der Waals surface area contributed by atoms with E-state index < -0.39 is 0 Å². The summed E-state index contributed by atoms with van der Waals surface area (Å²) >= 11 is 0. The number of rotatable bonds is 7. The van der Waals surface area contributed by atoms with Gasteiger partial charge in [-0.05, 0) is 25.0 Å². The van der Waals surface area contributed by atoms with E-state index in [0.29, 0.717) is 5.92 Å². The second kappa shape index (κ2) is 6.99. The molecule has 0 saturated heterocycles. The molecule has 18 heavy (non-hydrogen) atoms. The molecular weight excluding hydrogens is 224 g/mol. The molecule has 4 heteroatoms. The number of hydrogen-bond donors (Lipinski definition) is 2. The Morgan fingerprint density at radius 2 is 2.06 bits per heavy atom. The lowest BCUT2D eigenvalue weighted by Crippen LogP contribution is -2.30. The summed E-state index contributed by atoms with van der Waals surface area (Å²) in [7, 11) is 0. The second-order valence-corrected chi connectivity index (χ2v) is 4.54. The molecule has 100 valence electrons. The van der Waals surface area contributed by atoms with Gasteiger partial charge in [-0.15, -0.1) is 0 Å². The molecule has 1 aromatic heterocycles. The Balaban J connectivity index is 2.87. The monoisotopic (exact) mass is 248 g/mol. The molecule has 3 N–H and O–H groups in total. The first-order chi connectivity index (χ1) is 8.62. The molecule has 0 saturated carbocycles. The van der Waals surface area contributed by atoms with Gasteiger partial charge in [-0.2, -0.15) is 0 Å². The van der Waals surface area contributed by atoms with Crippen molar-refractivity contribution >= 4 is 11.7 Å². The van der Waals surface area contributed by atoms with Gasteiger partial charge in [0.1, 0.15) is 11.7 Å². The standard InChI is InChI=1S/C14H24N4/c1-4-11(5-2)10-18(6-3)13-9-12(14(15)16)7-8-17-13/h7-9,11H,4-6,10H2,1-3H3,(H3,15,16). The molecule has 0 bridgehead atoms. The Labute approximate surface area is 110 Å². The van der Waals surface area contributed by atoms with Crippen LogP contribution in [-0.4, -0.2) is 23.9 Å². The zero-order valence-electron chi connectivity index (χ0n) is 11.6. The van der Waals surface area contributed by atoms with E-state index in [-0.39, 0.29) is 5.84 Å². The molecule has 0 radical (unpaired) electrons. The average Bonchev–Trinajstić information content (AvgIpc) is 2.40. The number of aromatic nitrogens is 1. The van der Waals surface area contributed by atoms with Crippen LogP contribution in [0, 0.1) is 11.3 Å². The van der Waals surface area contributed by atoms with Crippen LogP contribution >= 0.6 is 0 Å². The maximum absolute atomic E-state index is 7.48. The van der Waals surface area contributed by atoms with Crippen molar-refractivity contribution in [2.75, 3.05) is 18.0 Å². The third-order valence-corrected chi connectivity index (χ3v) is 3.40. The number of hydrogen-bond acceptors (Lipinski definition) is 3. The highest BCUT2D eigenvalue weighted by molar-refractivity contribution is 5.95. The summed E-state index contributed by atoms with van der Waals surface area (Å²) in [5.41, 5.74) is 6.25. The molecule has 0 amide bonds. The first-order valence-electron chi connectivity index (χ1n) is 6.67. The van der Waals surface area contributed by atoms with Crippen molar-refractivity contribution in [3.8, 4) is 0 Å². The number of nitrogen functional groups attached to an aromatic ring is 1. The van der Waals surface area contributed by atoms with Crippen molar-refractivity contribution in [3.05, 3.63) is 23.9 Å². The zero-order valence-corrected chi connectivity index (χ0v) is 11.6. The summed E-state index contributed by atoms with van der Waals surface area (Å²) in [5, 5.41) is 7.48. The van der Waals surface area contributed by atoms with Crippen LogP contribution in [0.15, 0.2) is 18.3 Å². The highest BCUT2D eigenvalue weighted by atomic mass is 15.2. The number of pyridine rings is 1. The van der Waals surface area contributed by atoms with Gasteiger partial charge in [-0.1, -0.05) is 26.7 Å². The summed E-state index contributed by atoms with van der Waals surface area (Å²) in [6.07, 6.45) is 4.08. The van der Waals surface area contributed by atoms with Gasteiger partial charge >= 0.3 is 0 Å². The van der Waals surface area contributed by atoms with Crippen molar-refractivity contribution in [1.29, 1.82) is 5.41 Å². The third kappa shape index (κ3) is 3.72. The van der Waals surface area contributed by atoms with Gasteiger partial charge in [0, 0.05) is 24.8 Å². The van der Waals surface area contributed by atoms with Gasteiger partial charge in [0.05, 0.1) is 0 Å². The molecule has 1 heterocycles. The summed E-state index contributed by atoms with van der Waals surface area (Å²) in [6.45, 7) is 8.51. The lowest BCUT2D eigenvalue weighted by molar-refractivity contribution is 0.484. The van der Waals surface area contributed by atoms with Gasteiger partial charge in [0.15, 0.2) is 0 Å². The summed E-state index contributed by atoms with van der Waals surface area (Å²) < 4.78 is 0. The molecule has 1 aromatic rings. The van der Waals surface area contributed by atoms with E-state index in [1.807, 2.05) is 6.07 Å². The maximum atomic E-state index is 7.48. The average molecular weight is 248 g/mol. The van der Waals surface area contributed by atoms with E-state index in [2.05, 4.69) is 30.7 Å². The van der Waals surface area contributed by atoms with Crippen LogP contribution in [0.4, 0.5) is 5.82 Å². The quantitative estimate of drug-likeness (QED) is 0.576. The lowest BCUT2D eigenvalue weighted by Gasteiger charge is -2.26. The molecule has 4 nitrogen and oxygen atoms in total. The highest BCUT2D eigenvalue weighted by Gasteiger charge is 2.12. The summed E-state index contributed by atoms with van der Waals surface area (Å²) in [6, 6.07) is 3.67. The molecule has 0 aliphatic heterocycles. The Bertz CT molecular complexity index is 385. The zero-order chi connectivity index (χ0) is 13.5. The highest BCUT2D eigenvalue weighted by Crippen LogP contribution is 2.17. The van der Waals surface area contributed by atoms with E-state index in [9.17, 15) is 0 Å². The fraction of sp³-hybridized carbons (Fsp3) is 0.571. The van der Waals surface area contributed by atoms with E-state index in [1.54, 1.807) is 12.3 Å². The Hall–Kier alpha value is -1.58. The van der Waals surface area contributed by atoms with Crippen LogP contribution in [0.25, 0.3) is 0 Å². The summed E-state index contributed by atoms with van der Waals surface area (Å²) in [5.74, 6) is 1.70. The molecule has 0 fully saturated rings. The van der Waals surface area contributed by atoms with E-state index in [4.69, 9.17) is 11.1 Å². The predicted molar refractivity (Wildman–Crippen MR) is 77.2 cm³/mol. The molecule has 0 spiro atoms. The molecular formula is C14H24N4. The van der Waals surface area contributed by atoms with Crippen molar-refractivity contribution in [2.24, 2.45) is 11.7 Å².